The summed E-state index contributed by atoms with van der Waals surface area (Å²) in [6.07, 6.45) is 1.51. The lowest BCUT2D eigenvalue weighted by atomic mass is 10.3. The number of nitrogens with one attached hydrogen (secondary N) is 1. The molecule has 1 aromatic rings. The van der Waals surface area contributed by atoms with E-state index in [4.69, 9.17) is 11.1 Å². The van der Waals surface area contributed by atoms with Gasteiger partial charge in [0.25, 0.3) is 0 Å². The first kappa shape index (κ1) is 15.4. The minimum Gasteiger partial charge on any atom is -0.308 e. The van der Waals surface area contributed by atoms with Gasteiger partial charge in [-0.1, -0.05) is 0 Å². The van der Waals surface area contributed by atoms with Crippen molar-refractivity contribution in [3.05, 3.63) is 18.3 Å². The molecule has 8 heteroatoms. The van der Waals surface area contributed by atoms with Gasteiger partial charge in [-0.25, -0.2) is 19.2 Å². The highest BCUT2D eigenvalue weighted by atomic mass is 32.2. The fourth-order valence-electron chi connectivity index (χ4n) is 1.60. The maximum atomic E-state index is 12.5. The van der Waals surface area contributed by atoms with E-state index in [0.29, 0.717) is 0 Å². The number of nitrogens with zero attached hydrogens (tertiary/aromatic N) is 3. The Kier molecular flexibility index (Phi) is 5.23. The fourth-order valence-corrected chi connectivity index (χ4v) is 3.25. The van der Waals surface area contributed by atoms with Crippen molar-refractivity contribution in [3.8, 4) is 6.07 Å². The predicted molar refractivity (Wildman–Crippen MR) is 71.3 cm³/mol. The maximum Gasteiger partial charge on any atom is 0.243 e. The van der Waals surface area contributed by atoms with Crippen LogP contribution in [0.3, 0.4) is 0 Å². The van der Waals surface area contributed by atoms with Gasteiger partial charge >= 0.3 is 0 Å². The van der Waals surface area contributed by atoms with Crippen LogP contribution < -0.4 is 11.3 Å². The summed E-state index contributed by atoms with van der Waals surface area (Å²) in [5.74, 6) is 5.48. The summed E-state index contributed by atoms with van der Waals surface area (Å²) in [6, 6.07) is 4.47. The molecule has 1 rings (SSSR count). The molecule has 0 fully saturated rings. The second-order valence-electron chi connectivity index (χ2n) is 4.14. The van der Waals surface area contributed by atoms with Crippen molar-refractivity contribution in [2.24, 2.45) is 5.84 Å². The van der Waals surface area contributed by atoms with Crippen molar-refractivity contribution >= 4 is 15.8 Å². The summed E-state index contributed by atoms with van der Waals surface area (Å²) >= 11 is 0. The SMILES string of the molecule is CC(C)N(CCC#N)S(=O)(=O)c1ccnc(NN)c1. The Morgan fingerprint density at radius 1 is 1.58 bits per heavy atom. The second-order valence-corrected chi connectivity index (χ2v) is 6.03. The molecule has 0 aromatic carbocycles. The number of nitrogens with two attached hydrogens (primary N) is 1. The smallest absolute Gasteiger partial charge is 0.243 e. The van der Waals surface area contributed by atoms with Gasteiger partial charge in [0.15, 0.2) is 0 Å². The van der Waals surface area contributed by atoms with Gasteiger partial charge in [0.05, 0.1) is 11.0 Å². The zero-order valence-corrected chi connectivity index (χ0v) is 11.7. The summed E-state index contributed by atoms with van der Waals surface area (Å²) in [5.41, 5.74) is 2.30. The number of nitriles is 1. The Hall–Kier alpha value is -1.69. The van der Waals surface area contributed by atoms with Gasteiger partial charge in [0.1, 0.15) is 5.82 Å². The Morgan fingerprint density at radius 3 is 2.79 bits per heavy atom. The van der Waals surface area contributed by atoms with E-state index in [1.807, 2.05) is 6.07 Å². The molecule has 0 bridgehead atoms. The lowest BCUT2D eigenvalue weighted by molar-refractivity contribution is 0.360. The molecule has 0 unspecified atom stereocenters. The number of nitrogen functional groups attached to an aromatic ring is 1. The van der Waals surface area contributed by atoms with Crippen LogP contribution in [0.1, 0.15) is 20.3 Å². The van der Waals surface area contributed by atoms with Crippen molar-refractivity contribution in [1.29, 1.82) is 5.26 Å². The molecule has 0 radical (unpaired) electrons. The van der Waals surface area contributed by atoms with Gasteiger partial charge in [-0.05, 0) is 19.9 Å². The predicted octanol–water partition coefficient (Wildman–Crippen LogP) is 0.680. The molecule has 19 heavy (non-hydrogen) atoms. The highest BCUT2D eigenvalue weighted by molar-refractivity contribution is 7.89. The third-order valence-electron chi connectivity index (χ3n) is 2.51. The van der Waals surface area contributed by atoms with E-state index in [9.17, 15) is 8.42 Å². The third-order valence-corrected chi connectivity index (χ3v) is 4.58. The van der Waals surface area contributed by atoms with Crippen molar-refractivity contribution in [2.45, 2.75) is 31.2 Å². The van der Waals surface area contributed by atoms with Crippen molar-refractivity contribution in [3.63, 3.8) is 0 Å². The minimum absolute atomic E-state index is 0.0992. The Bertz CT molecular complexity index is 565. The van der Waals surface area contributed by atoms with Gasteiger partial charge in [0, 0.05) is 31.3 Å². The highest BCUT2D eigenvalue weighted by Crippen LogP contribution is 2.19. The molecule has 1 heterocycles. The summed E-state index contributed by atoms with van der Waals surface area (Å²) < 4.78 is 26.2. The van der Waals surface area contributed by atoms with E-state index < -0.39 is 10.0 Å². The number of rotatable bonds is 6. The van der Waals surface area contributed by atoms with E-state index >= 15 is 0 Å². The van der Waals surface area contributed by atoms with Crippen LogP contribution >= 0.6 is 0 Å². The molecular weight excluding hydrogens is 266 g/mol. The van der Waals surface area contributed by atoms with Crippen LogP contribution in [-0.2, 0) is 10.0 Å². The van der Waals surface area contributed by atoms with E-state index in [-0.39, 0.29) is 29.7 Å². The third kappa shape index (κ3) is 3.64. The van der Waals surface area contributed by atoms with E-state index in [1.165, 1.54) is 22.6 Å². The van der Waals surface area contributed by atoms with Gasteiger partial charge in [-0.2, -0.15) is 9.57 Å². The molecular formula is C11H17N5O2S. The molecule has 3 N–H and O–H groups in total. The minimum atomic E-state index is -3.66. The van der Waals surface area contributed by atoms with Gasteiger partial charge < -0.3 is 5.43 Å². The number of aromatic nitrogens is 1. The van der Waals surface area contributed by atoms with Gasteiger partial charge in [-0.15, -0.1) is 0 Å². The zero-order valence-electron chi connectivity index (χ0n) is 10.9. The molecule has 0 atom stereocenters. The average molecular weight is 283 g/mol. The van der Waals surface area contributed by atoms with Crippen LogP contribution in [0.5, 0.6) is 0 Å². The number of hydrogen-bond acceptors (Lipinski definition) is 6. The van der Waals surface area contributed by atoms with Crippen molar-refractivity contribution in [2.75, 3.05) is 12.0 Å². The molecule has 0 spiro atoms. The number of pyridine rings is 1. The molecule has 0 aliphatic heterocycles. The summed E-state index contributed by atoms with van der Waals surface area (Å²) in [7, 11) is -3.66. The van der Waals surface area contributed by atoms with Crippen LogP contribution in [0.2, 0.25) is 0 Å². The lowest BCUT2D eigenvalue weighted by Crippen LogP contribution is -2.37. The number of hydrazine groups is 1. The molecule has 0 aliphatic rings. The summed E-state index contributed by atoms with van der Waals surface area (Å²) in [6.45, 7) is 3.68. The molecule has 104 valence electrons. The number of hydrogen-bond donors (Lipinski definition) is 2. The largest absolute Gasteiger partial charge is 0.308 e. The molecule has 7 nitrogen and oxygen atoms in total. The van der Waals surface area contributed by atoms with Crippen LogP contribution in [0.25, 0.3) is 0 Å². The van der Waals surface area contributed by atoms with Crippen LogP contribution in [-0.4, -0.2) is 30.3 Å². The highest BCUT2D eigenvalue weighted by Gasteiger charge is 2.26. The standard InChI is InChI=1S/C11H17N5O2S/c1-9(2)16(7-3-5-12)19(17,18)10-4-6-14-11(8-10)15-13/h4,6,8-9H,3,7,13H2,1-2H3,(H,14,15). The van der Waals surface area contributed by atoms with Crippen LogP contribution in [0, 0.1) is 11.3 Å². The van der Waals surface area contributed by atoms with E-state index in [2.05, 4.69) is 10.4 Å². The molecule has 0 aliphatic carbocycles. The molecule has 0 saturated heterocycles. The van der Waals surface area contributed by atoms with Crippen LogP contribution in [0.4, 0.5) is 5.82 Å². The summed E-state index contributed by atoms with van der Waals surface area (Å²) in [5, 5.41) is 8.61. The molecule has 1 aromatic heterocycles. The van der Waals surface area contributed by atoms with E-state index in [1.54, 1.807) is 13.8 Å². The first-order chi connectivity index (χ1) is 8.93. The van der Waals surface area contributed by atoms with Crippen LogP contribution in [0.15, 0.2) is 23.2 Å². The summed E-state index contributed by atoms with van der Waals surface area (Å²) in [4.78, 5) is 3.97. The quantitative estimate of drug-likeness (QED) is 0.586. The monoisotopic (exact) mass is 283 g/mol. The Morgan fingerprint density at radius 2 is 2.26 bits per heavy atom. The van der Waals surface area contributed by atoms with Crippen molar-refractivity contribution < 1.29 is 8.42 Å². The molecule has 0 amide bonds. The topological polar surface area (TPSA) is 112 Å². The van der Waals surface area contributed by atoms with Crippen molar-refractivity contribution in [1.82, 2.24) is 9.29 Å². The average Bonchev–Trinajstić information content (AvgIpc) is 2.38. The van der Waals surface area contributed by atoms with Gasteiger partial charge in [-0.3, -0.25) is 0 Å². The molecule has 0 saturated carbocycles. The lowest BCUT2D eigenvalue weighted by Gasteiger charge is -2.25. The first-order valence-electron chi connectivity index (χ1n) is 5.75. The normalized spacial score (nSPS) is 11.6. The first-order valence-corrected chi connectivity index (χ1v) is 7.19. The Balaban J connectivity index is 3.15. The van der Waals surface area contributed by atoms with E-state index in [0.717, 1.165) is 0 Å². The van der Waals surface area contributed by atoms with Gasteiger partial charge in [0.2, 0.25) is 10.0 Å². The second kappa shape index (κ2) is 6.47. The Labute approximate surface area is 113 Å². The number of anilines is 1. The number of sulfonamides is 1. The zero-order chi connectivity index (χ0) is 14.5. The maximum absolute atomic E-state index is 12.5. The fraction of sp³-hybridized carbons (Fsp3) is 0.455.